The minimum atomic E-state index is -0.400. The number of hydrogen-bond acceptors (Lipinski definition) is 4. The molecule has 0 saturated heterocycles. The fourth-order valence-electron chi connectivity index (χ4n) is 2.58. The van der Waals surface area contributed by atoms with Crippen LogP contribution in [0.25, 0.3) is 0 Å². The molecule has 6 heteroatoms. The smallest absolute Gasteiger partial charge is 0.312 e. The van der Waals surface area contributed by atoms with Crippen LogP contribution in [0.5, 0.6) is 0 Å². The molecule has 0 spiro atoms. The van der Waals surface area contributed by atoms with E-state index in [-0.39, 0.29) is 11.1 Å². The maximum Gasteiger partial charge on any atom is 0.312 e. The summed E-state index contributed by atoms with van der Waals surface area (Å²) in [5.74, 6) is 0.361. The molecule has 0 amide bonds. The Bertz CT molecular complexity index is 473. The van der Waals surface area contributed by atoms with Crippen molar-refractivity contribution in [3.8, 4) is 0 Å². The van der Waals surface area contributed by atoms with Crippen LogP contribution >= 0.6 is 15.9 Å². The molecule has 1 heterocycles. The maximum absolute atomic E-state index is 11.0. The van der Waals surface area contributed by atoms with Crippen molar-refractivity contribution in [1.82, 2.24) is 4.98 Å². The van der Waals surface area contributed by atoms with E-state index in [2.05, 4.69) is 33.2 Å². The second-order valence-electron chi connectivity index (χ2n) is 5.50. The number of nitrogens with zero attached hydrogens (tertiary/aromatic N) is 2. The van der Waals surface area contributed by atoms with E-state index in [4.69, 9.17) is 0 Å². The summed E-state index contributed by atoms with van der Waals surface area (Å²) in [7, 11) is 0. The highest BCUT2D eigenvalue weighted by Gasteiger charge is 2.27. The zero-order chi connectivity index (χ0) is 13.9. The zero-order valence-corrected chi connectivity index (χ0v) is 12.6. The van der Waals surface area contributed by atoms with Crippen molar-refractivity contribution in [2.24, 2.45) is 5.41 Å². The van der Waals surface area contributed by atoms with Gasteiger partial charge in [-0.3, -0.25) is 10.1 Å². The Morgan fingerprint density at radius 3 is 2.79 bits per heavy atom. The molecule has 0 bridgehead atoms. The van der Waals surface area contributed by atoms with E-state index in [1.165, 1.54) is 38.2 Å². The van der Waals surface area contributed by atoms with Crippen LogP contribution in [0.1, 0.15) is 39.0 Å². The summed E-state index contributed by atoms with van der Waals surface area (Å²) in [6.07, 6.45) is 7.71. The van der Waals surface area contributed by atoms with Crippen molar-refractivity contribution >= 4 is 27.4 Å². The molecule has 1 fully saturated rings. The summed E-state index contributed by atoms with van der Waals surface area (Å²) >= 11 is 3.21. The first kappa shape index (κ1) is 14.2. The number of hydrogen-bond donors (Lipinski definition) is 1. The monoisotopic (exact) mass is 327 g/mol. The van der Waals surface area contributed by atoms with E-state index < -0.39 is 4.92 Å². The van der Waals surface area contributed by atoms with Crippen molar-refractivity contribution < 1.29 is 4.92 Å². The van der Waals surface area contributed by atoms with Crippen LogP contribution in [0, 0.1) is 15.5 Å². The van der Waals surface area contributed by atoms with Gasteiger partial charge in [-0.15, -0.1) is 0 Å². The van der Waals surface area contributed by atoms with Crippen LogP contribution in [0.15, 0.2) is 16.7 Å². The van der Waals surface area contributed by atoms with Crippen molar-refractivity contribution in [3.63, 3.8) is 0 Å². The third kappa shape index (κ3) is 3.65. The summed E-state index contributed by atoms with van der Waals surface area (Å²) < 4.78 is 0.619. The Morgan fingerprint density at radius 2 is 2.16 bits per heavy atom. The quantitative estimate of drug-likeness (QED) is 0.666. The standard InChI is InChI=1S/C13H18BrN3O2/c1-13(5-3-2-4-6-13)9-16-12-11(17(18)19)7-10(14)8-15-12/h7-8H,2-6,9H2,1H3,(H,15,16). The Hall–Kier alpha value is -1.17. The molecule has 1 saturated carbocycles. The molecule has 1 N–H and O–H groups in total. The molecule has 0 aliphatic heterocycles. The average molecular weight is 328 g/mol. The summed E-state index contributed by atoms with van der Waals surface area (Å²) in [5.41, 5.74) is 0.245. The normalized spacial score (nSPS) is 18.0. The summed E-state index contributed by atoms with van der Waals surface area (Å²) in [6, 6.07) is 1.48. The number of pyridine rings is 1. The van der Waals surface area contributed by atoms with E-state index in [1.54, 1.807) is 6.20 Å². The molecule has 0 unspecified atom stereocenters. The number of anilines is 1. The van der Waals surface area contributed by atoms with E-state index in [9.17, 15) is 10.1 Å². The first-order valence-corrected chi connectivity index (χ1v) is 7.33. The van der Waals surface area contributed by atoms with Gasteiger partial charge in [0.15, 0.2) is 0 Å². The van der Waals surface area contributed by atoms with E-state index in [1.807, 2.05) is 0 Å². The molecule has 5 nitrogen and oxygen atoms in total. The number of nitro groups is 1. The van der Waals surface area contributed by atoms with E-state index in [0.717, 1.165) is 6.54 Å². The van der Waals surface area contributed by atoms with Gasteiger partial charge in [0.2, 0.25) is 5.82 Å². The number of aromatic nitrogens is 1. The van der Waals surface area contributed by atoms with Gasteiger partial charge in [0, 0.05) is 23.3 Å². The Morgan fingerprint density at radius 1 is 1.47 bits per heavy atom. The summed E-state index contributed by atoms with van der Waals surface area (Å²) in [6.45, 7) is 2.98. The molecular formula is C13H18BrN3O2. The molecule has 104 valence electrons. The van der Waals surface area contributed by atoms with Gasteiger partial charge < -0.3 is 5.32 Å². The Kier molecular flexibility index (Phi) is 4.39. The van der Waals surface area contributed by atoms with E-state index in [0.29, 0.717) is 10.3 Å². The summed E-state index contributed by atoms with van der Waals surface area (Å²) in [4.78, 5) is 14.7. The van der Waals surface area contributed by atoms with Gasteiger partial charge in [0.1, 0.15) is 0 Å². The van der Waals surface area contributed by atoms with Crippen LogP contribution in [-0.2, 0) is 0 Å². The van der Waals surface area contributed by atoms with Gasteiger partial charge in [0.05, 0.1) is 4.92 Å². The molecule has 1 aliphatic rings. The van der Waals surface area contributed by atoms with Crippen LogP contribution < -0.4 is 5.32 Å². The van der Waals surface area contributed by atoms with Crippen molar-refractivity contribution in [2.75, 3.05) is 11.9 Å². The fraction of sp³-hybridized carbons (Fsp3) is 0.615. The van der Waals surface area contributed by atoms with Crippen LogP contribution in [0.4, 0.5) is 11.5 Å². The minimum Gasteiger partial charge on any atom is -0.364 e. The van der Waals surface area contributed by atoms with Crippen molar-refractivity contribution in [1.29, 1.82) is 0 Å². The largest absolute Gasteiger partial charge is 0.364 e. The fourth-order valence-corrected chi connectivity index (χ4v) is 2.90. The number of nitrogens with one attached hydrogen (secondary N) is 1. The predicted octanol–water partition coefficient (Wildman–Crippen LogP) is 4.13. The van der Waals surface area contributed by atoms with E-state index >= 15 is 0 Å². The molecule has 0 atom stereocenters. The third-order valence-corrected chi connectivity index (χ3v) is 4.21. The lowest BCUT2D eigenvalue weighted by molar-refractivity contribution is -0.384. The van der Waals surface area contributed by atoms with Gasteiger partial charge >= 0.3 is 5.69 Å². The third-order valence-electron chi connectivity index (χ3n) is 3.77. The highest BCUT2D eigenvalue weighted by Crippen LogP contribution is 2.36. The molecule has 19 heavy (non-hydrogen) atoms. The lowest BCUT2D eigenvalue weighted by Gasteiger charge is -2.33. The van der Waals surface area contributed by atoms with Crippen LogP contribution in [0.2, 0.25) is 0 Å². The topological polar surface area (TPSA) is 68.1 Å². The highest BCUT2D eigenvalue weighted by atomic mass is 79.9. The van der Waals surface area contributed by atoms with Crippen molar-refractivity contribution in [2.45, 2.75) is 39.0 Å². The Balaban J connectivity index is 2.08. The molecule has 1 aromatic rings. The number of rotatable bonds is 4. The van der Waals surface area contributed by atoms with Crippen molar-refractivity contribution in [3.05, 3.63) is 26.9 Å². The average Bonchev–Trinajstić information content (AvgIpc) is 2.38. The lowest BCUT2D eigenvalue weighted by atomic mass is 9.76. The van der Waals surface area contributed by atoms with Gasteiger partial charge in [0.25, 0.3) is 0 Å². The van der Waals surface area contributed by atoms with Gasteiger partial charge in [-0.1, -0.05) is 26.2 Å². The maximum atomic E-state index is 11.0. The molecular weight excluding hydrogens is 310 g/mol. The van der Waals surface area contributed by atoms with Crippen LogP contribution in [0.3, 0.4) is 0 Å². The predicted molar refractivity (Wildman–Crippen MR) is 78.3 cm³/mol. The van der Waals surface area contributed by atoms with Gasteiger partial charge in [-0.2, -0.15) is 0 Å². The van der Waals surface area contributed by atoms with Crippen LogP contribution in [-0.4, -0.2) is 16.5 Å². The first-order chi connectivity index (χ1) is 9.00. The zero-order valence-electron chi connectivity index (χ0n) is 11.0. The SMILES string of the molecule is CC1(CNc2ncc(Br)cc2[N+](=O)[O-])CCCCC1. The minimum absolute atomic E-state index is 0.0220. The molecule has 2 rings (SSSR count). The van der Waals surface area contributed by atoms with Gasteiger partial charge in [-0.25, -0.2) is 4.98 Å². The Labute approximate surface area is 121 Å². The molecule has 0 aromatic carbocycles. The number of halogens is 1. The molecule has 1 aromatic heterocycles. The van der Waals surface area contributed by atoms with Gasteiger partial charge in [-0.05, 0) is 34.2 Å². The first-order valence-electron chi connectivity index (χ1n) is 6.54. The second-order valence-corrected chi connectivity index (χ2v) is 6.42. The second kappa shape index (κ2) is 5.86. The summed E-state index contributed by atoms with van der Waals surface area (Å²) in [5, 5.41) is 14.2. The molecule has 1 aliphatic carbocycles. The lowest BCUT2D eigenvalue weighted by Crippen LogP contribution is -2.29. The highest BCUT2D eigenvalue weighted by molar-refractivity contribution is 9.10. The molecule has 0 radical (unpaired) electrons.